The fourth-order valence-electron chi connectivity index (χ4n) is 2.29. The Morgan fingerprint density at radius 2 is 2.16 bits per heavy atom. The molecule has 19 heavy (non-hydrogen) atoms. The zero-order chi connectivity index (χ0) is 13.8. The van der Waals surface area contributed by atoms with Gasteiger partial charge in [0, 0.05) is 19.0 Å². The summed E-state index contributed by atoms with van der Waals surface area (Å²) in [6.07, 6.45) is -1.38. The molecule has 0 radical (unpaired) electrons. The summed E-state index contributed by atoms with van der Waals surface area (Å²) in [6, 6.07) is 5.38. The smallest absolute Gasteiger partial charge is 0.104 e. The van der Waals surface area contributed by atoms with Crippen LogP contribution in [-0.4, -0.2) is 48.7 Å². The highest BCUT2D eigenvalue weighted by atomic mass is 35.5. The molecule has 1 saturated heterocycles. The second-order valence-electron chi connectivity index (χ2n) is 4.57. The van der Waals surface area contributed by atoms with Gasteiger partial charge in [-0.1, -0.05) is 29.3 Å². The van der Waals surface area contributed by atoms with Crippen LogP contribution in [0.1, 0.15) is 11.5 Å². The van der Waals surface area contributed by atoms with Crippen molar-refractivity contribution in [2.75, 3.05) is 26.3 Å². The number of hydrogen-bond acceptors (Lipinski definition) is 4. The molecule has 4 nitrogen and oxygen atoms in total. The fraction of sp³-hybridized carbons (Fsp3) is 0.538. The maximum absolute atomic E-state index is 9.90. The van der Waals surface area contributed by atoms with Gasteiger partial charge >= 0.3 is 0 Å². The normalized spacial score (nSPS) is 25.9. The van der Waals surface area contributed by atoms with E-state index in [9.17, 15) is 5.11 Å². The lowest BCUT2D eigenvalue weighted by atomic mass is 9.90. The first kappa shape index (κ1) is 15.0. The Balaban J connectivity index is 2.28. The van der Waals surface area contributed by atoms with Gasteiger partial charge in [-0.15, -0.1) is 0 Å². The van der Waals surface area contributed by atoms with Crippen molar-refractivity contribution in [1.29, 1.82) is 0 Å². The van der Waals surface area contributed by atoms with Crippen LogP contribution < -0.4 is 5.32 Å². The van der Waals surface area contributed by atoms with E-state index < -0.39 is 12.2 Å². The van der Waals surface area contributed by atoms with Gasteiger partial charge in [-0.3, -0.25) is 0 Å². The first-order chi connectivity index (χ1) is 9.13. The van der Waals surface area contributed by atoms with E-state index in [1.165, 1.54) is 0 Å². The second-order valence-corrected chi connectivity index (χ2v) is 5.38. The Morgan fingerprint density at radius 3 is 2.84 bits per heavy atom. The highest BCUT2D eigenvalue weighted by molar-refractivity contribution is 6.42. The summed E-state index contributed by atoms with van der Waals surface area (Å²) in [5.41, 5.74) is 0.932. The standard InChI is InChI=1S/C13H17Cl2NO3/c14-10-2-1-8(5-11(10)15)9-6-16-3-4-19-13(9)12(18)7-17/h1-2,5,9,12-13,16-18H,3-4,6-7H2/t9-,12-,13+/m0/s1. The number of rotatable bonds is 3. The predicted octanol–water partition coefficient (Wildman–Crippen LogP) is 1.42. The minimum absolute atomic E-state index is 0.0839. The van der Waals surface area contributed by atoms with Gasteiger partial charge in [0.15, 0.2) is 0 Å². The molecule has 2 rings (SSSR count). The van der Waals surface area contributed by atoms with E-state index in [1.54, 1.807) is 12.1 Å². The molecule has 1 fully saturated rings. The lowest BCUT2D eigenvalue weighted by Gasteiger charge is -2.28. The number of benzene rings is 1. The number of aliphatic hydroxyl groups excluding tert-OH is 2. The van der Waals surface area contributed by atoms with Crippen molar-refractivity contribution in [3.05, 3.63) is 33.8 Å². The third kappa shape index (κ3) is 3.60. The van der Waals surface area contributed by atoms with Gasteiger partial charge in [0.1, 0.15) is 6.10 Å². The molecule has 1 heterocycles. The van der Waals surface area contributed by atoms with E-state index in [2.05, 4.69) is 5.32 Å². The zero-order valence-electron chi connectivity index (χ0n) is 10.4. The first-order valence-electron chi connectivity index (χ1n) is 6.19. The molecule has 0 aromatic heterocycles. The SMILES string of the molecule is OC[C@H](O)[C@@H]1OCCNC[C@H]1c1ccc(Cl)c(Cl)c1. The molecule has 1 aromatic carbocycles. The average Bonchev–Trinajstić information content (AvgIpc) is 2.66. The minimum atomic E-state index is -0.917. The Bertz CT molecular complexity index is 430. The molecule has 0 bridgehead atoms. The number of aliphatic hydroxyl groups is 2. The van der Waals surface area contributed by atoms with Crippen molar-refractivity contribution in [2.45, 2.75) is 18.1 Å². The molecule has 0 unspecified atom stereocenters. The van der Waals surface area contributed by atoms with Gasteiger partial charge in [0.2, 0.25) is 0 Å². The van der Waals surface area contributed by atoms with Crippen LogP contribution in [0, 0.1) is 0 Å². The van der Waals surface area contributed by atoms with E-state index >= 15 is 0 Å². The molecule has 1 aliphatic rings. The highest BCUT2D eigenvalue weighted by Gasteiger charge is 2.31. The molecule has 0 spiro atoms. The molecule has 3 N–H and O–H groups in total. The third-order valence-electron chi connectivity index (χ3n) is 3.29. The molecule has 0 aliphatic carbocycles. The van der Waals surface area contributed by atoms with Gasteiger partial charge in [-0.2, -0.15) is 0 Å². The Morgan fingerprint density at radius 1 is 1.37 bits per heavy atom. The van der Waals surface area contributed by atoms with Gasteiger partial charge in [0.05, 0.1) is 29.4 Å². The lowest BCUT2D eigenvalue weighted by Crippen LogP contribution is -2.38. The van der Waals surface area contributed by atoms with Crippen LogP contribution in [0.5, 0.6) is 0 Å². The van der Waals surface area contributed by atoms with Crippen LogP contribution in [0.25, 0.3) is 0 Å². The average molecular weight is 306 g/mol. The number of ether oxygens (including phenoxy) is 1. The molecule has 0 saturated carbocycles. The maximum Gasteiger partial charge on any atom is 0.104 e. The molecular weight excluding hydrogens is 289 g/mol. The summed E-state index contributed by atoms with van der Waals surface area (Å²) in [5, 5.41) is 23.3. The van der Waals surface area contributed by atoms with E-state index in [4.69, 9.17) is 33.0 Å². The fourth-order valence-corrected chi connectivity index (χ4v) is 2.60. The van der Waals surface area contributed by atoms with Gasteiger partial charge in [-0.05, 0) is 17.7 Å². The lowest BCUT2D eigenvalue weighted by molar-refractivity contribution is -0.0609. The second kappa shape index (κ2) is 6.88. The molecule has 1 aromatic rings. The Labute approximate surface area is 122 Å². The Kier molecular flexibility index (Phi) is 5.45. The molecular formula is C13H17Cl2NO3. The van der Waals surface area contributed by atoms with Gasteiger partial charge in [-0.25, -0.2) is 0 Å². The summed E-state index contributed by atoms with van der Waals surface area (Å²) in [6.45, 7) is 1.54. The van der Waals surface area contributed by atoms with Crippen LogP contribution in [-0.2, 0) is 4.74 Å². The van der Waals surface area contributed by atoms with Crippen LogP contribution in [0.2, 0.25) is 10.0 Å². The number of hydrogen-bond donors (Lipinski definition) is 3. The summed E-state index contributed by atoms with van der Waals surface area (Å²) >= 11 is 11.9. The molecule has 3 atom stereocenters. The molecule has 1 aliphatic heterocycles. The van der Waals surface area contributed by atoms with Crippen LogP contribution in [0.4, 0.5) is 0 Å². The van der Waals surface area contributed by atoms with E-state index in [1.807, 2.05) is 6.07 Å². The summed E-state index contributed by atoms with van der Waals surface area (Å²) in [5.74, 6) is -0.0839. The number of halogens is 2. The van der Waals surface area contributed by atoms with Crippen LogP contribution in [0.15, 0.2) is 18.2 Å². The summed E-state index contributed by atoms with van der Waals surface area (Å²) < 4.78 is 5.64. The summed E-state index contributed by atoms with van der Waals surface area (Å²) in [4.78, 5) is 0. The van der Waals surface area contributed by atoms with Crippen molar-refractivity contribution in [1.82, 2.24) is 5.32 Å². The van der Waals surface area contributed by atoms with Gasteiger partial charge < -0.3 is 20.3 Å². The Hall–Kier alpha value is -0.360. The molecule has 0 amide bonds. The zero-order valence-corrected chi connectivity index (χ0v) is 11.9. The molecule has 6 heteroatoms. The van der Waals surface area contributed by atoms with Crippen molar-refractivity contribution < 1.29 is 14.9 Å². The predicted molar refractivity (Wildman–Crippen MR) is 74.9 cm³/mol. The first-order valence-corrected chi connectivity index (χ1v) is 6.95. The summed E-state index contributed by atoms with van der Waals surface area (Å²) in [7, 11) is 0. The van der Waals surface area contributed by atoms with Crippen LogP contribution in [0.3, 0.4) is 0 Å². The van der Waals surface area contributed by atoms with Crippen LogP contribution >= 0.6 is 23.2 Å². The largest absolute Gasteiger partial charge is 0.394 e. The third-order valence-corrected chi connectivity index (χ3v) is 4.03. The maximum atomic E-state index is 9.90. The van der Waals surface area contributed by atoms with Crippen molar-refractivity contribution in [2.24, 2.45) is 0 Å². The van der Waals surface area contributed by atoms with E-state index in [-0.39, 0.29) is 12.5 Å². The van der Waals surface area contributed by atoms with E-state index in [0.717, 1.165) is 5.56 Å². The highest BCUT2D eigenvalue weighted by Crippen LogP contribution is 2.30. The minimum Gasteiger partial charge on any atom is -0.394 e. The topological polar surface area (TPSA) is 61.7 Å². The molecule has 106 valence electrons. The number of nitrogens with one attached hydrogen (secondary N) is 1. The quantitative estimate of drug-likeness (QED) is 0.790. The monoisotopic (exact) mass is 305 g/mol. The van der Waals surface area contributed by atoms with Gasteiger partial charge in [0.25, 0.3) is 0 Å². The van der Waals surface area contributed by atoms with E-state index in [0.29, 0.717) is 29.7 Å². The van der Waals surface area contributed by atoms with Crippen molar-refractivity contribution in [3.8, 4) is 0 Å². The van der Waals surface area contributed by atoms with Crippen molar-refractivity contribution >= 4 is 23.2 Å². The van der Waals surface area contributed by atoms with Crippen molar-refractivity contribution in [3.63, 3.8) is 0 Å².